The maximum atomic E-state index is 12.2. The molecule has 4 nitrogen and oxygen atoms in total. The van der Waals surface area contributed by atoms with Crippen LogP contribution in [0.1, 0.15) is 66.7 Å². The van der Waals surface area contributed by atoms with Crippen molar-refractivity contribution in [2.45, 2.75) is 83.9 Å². The number of carbonyl (C=O) groups is 1. The Labute approximate surface area is 122 Å². The Morgan fingerprint density at radius 3 is 2.10 bits per heavy atom. The minimum Gasteiger partial charge on any atom is -0.444 e. The lowest BCUT2D eigenvalue weighted by atomic mass is 9.76. The highest BCUT2D eigenvalue weighted by Crippen LogP contribution is 2.59. The average molecular weight is 282 g/mol. The zero-order valence-corrected chi connectivity index (χ0v) is 13.6. The molecule has 0 aliphatic heterocycles. The zero-order valence-electron chi connectivity index (χ0n) is 13.6. The van der Waals surface area contributed by atoms with Gasteiger partial charge in [-0.1, -0.05) is 33.1 Å². The highest BCUT2D eigenvalue weighted by Gasteiger charge is 2.65. The number of ether oxygens (including phenoxy) is 1. The number of hydrogen-bond acceptors (Lipinski definition) is 3. The van der Waals surface area contributed by atoms with Crippen molar-refractivity contribution in [1.29, 1.82) is 0 Å². The Morgan fingerprint density at radius 1 is 1.20 bits per heavy atom. The van der Waals surface area contributed by atoms with E-state index in [-0.39, 0.29) is 23.1 Å². The third kappa shape index (κ3) is 2.95. The Kier molecular flexibility index (Phi) is 3.83. The smallest absolute Gasteiger partial charge is 0.408 e. The van der Waals surface area contributed by atoms with Gasteiger partial charge in [-0.25, -0.2) is 4.79 Å². The average Bonchev–Trinajstić information content (AvgIpc) is 2.76. The SMILES string of the molecule is CC(C)(C)OC(=O)NC1([C@H]2[C@H](N)C2(C)C)CCCCC1. The summed E-state index contributed by atoms with van der Waals surface area (Å²) >= 11 is 0. The van der Waals surface area contributed by atoms with Gasteiger partial charge in [-0.3, -0.25) is 0 Å². The lowest BCUT2D eigenvalue weighted by molar-refractivity contribution is 0.0387. The van der Waals surface area contributed by atoms with Crippen LogP contribution in [0.3, 0.4) is 0 Å². The van der Waals surface area contributed by atoms with Gasteiger partial charge in [0.05, 0.1) is 0 Å². The van der Waals surface area contributed by atoms with Crippen molar-refractivity contribution in [3.63, 3.8) is 0 Å². The quantitative estimate of drug-likeness (QED) is 0.817. The fourth-order valence-electron chi connectivity index (χ4n) is 3.94. The third-order valence-corrected chi connectivity index (χ3v) is 5.00. The molecule has 0 heterocycles. The molecular formula is C16H30N2O2. The fourth-order valence-corrected chi connectivity index (χ4v) is 3.94. The van der Waals surface area contributed by atoms with Crippen molar-refractivity contribution >= 4 is 6.09 Å². The summed E-state index contributed by atoms with van der Waals surface area (Å²) in [5.74, 6) is 0.364. The topological polar surface area (TPSA) is 64.3 Å². The molecule has 0 aromatic rings. The highest BCUT2D eigenvalue weighted by atomic mass is 16.6. The summed E-state index contributed by atoms with van der Waals surface area (Å²) in [7, 11) is 0. The first-order valence-electron chi connectivity index (χ1n) is 7.85. The largest absolute Gasteiger partial charge is 0.444 e. The summed E-state index contributed by atoms with van der Waals surface area (Å²) in [5.41, 5.74) is 5.77. The summed E-state index contributed by atoms with van der Waals surface area (Å²) in [6, 6.07) is 0.176. The first kappa shape index (κ1) is 15.6. The normalized spacial score (nSPS) is 31.5. The molecule has 2 rings (SSSR count). The predicted octanol–water partition coefficient (Wildman–Crippen LogP) is 3.20. The molecular weight excluding hydrogens is 252 g/mol. The van der Waals surface area contributed by atoms with Crippen molar-refractivity contribution < 1.29 is 9.53 Å². The highest BCUT2D eigenvalue weighted by molar-refractivity contribution is 5.69. The van der Waals surface area contributed by atoms with Crippen molar-refractivity contribution in [1.82, 2.24) is 5.32 Å². The Morgan fingerprint density at radius 2 is 1.70 bits per heavy atom. The van der Waals surface area contributed by atoms with Crippen LogP contribution >= 0.6 is 0 Å². The standard InChI is InChI=1S/C16H30N2O2/c1-14(2,3)20-13(19)18-16(9-7-6-8-10-16)11-12(17)15(11,4)5/h11-12H,6-10,17H2,1-5H3,(H,18,19)/t11-,12-/m0/s1. The van der Waals surface area contributed by atoms with Crippen LogP contribution in [0.4, 0.5) is 4.79 Å². The van der Waals surface area contributed by atoms with Gasteiger partial charge in [0.1, 0.15) is 5.60 Å². The van der Waals surface area contributed by atoms with E-state index in [1.807, 2.05) is 20.8 Å². The number of nitrogens with two attached hydrogens (primary N) is 1. The number of carbonyl (C=O) groups excluding carboxylic acids is 1. The summed E-state index contributed by atoms with van der Waals surface area (Å²) < 4.78 is 5.46. The van der Waals surface area contributed by atoms with Gasteiger partial charge in [-0.15, -0.1) is 0 Å². The van der Waals surface area contributed by atoms with Gasteiger partial charge in [0.2, 0.25) is 0 Å². The van der Waals surface area contributed by atoms with E-state index in [1.165, 1.54) is 6.42 Å². The minimum absolute atomic E-state index is 0.117. The van der Waals surface area contributed by atoms with Crippen LogP contribution in [-0.2, 0) is 4.74 Å². The van der Waals surface area contributed by atoms with Crippen molar-refractivity contribution in [2.75, 3.05) is 0 Å². The van der Waals surface area contributed by atoms with Crippen LogP contribution in [0.25, 0.3) is 0 Å². The van der Waals surface area contributed by atoms with Gasteiger partial charge >= 0.3 is 6.09 Å². The number of alkyl carbamates (subject to hydrolysis) is 1. The zero-order chi connectivity index (χ0) is 15.2. The van der Waals surface area contributed by atoms with E-state index in [9.17, 15) is 4.79 Å². The van der Waals surface area contributed by atoms with E-state index >= 15 is 0 Å². The van der Waals surface area contributed by atoms with Crippen molar-refractivity contribution in [3.05, 3.63) is 0 Å². The first-order chi connectivity index (χ1) is 9.08. The third-order valence-electron chi connectivity index (χ3n) is 5.00. The predicted molar refractivity (Wildman–Crippen MR) is 80.4 cm³/mol. The van der Waals surface area contributed by atoms with E-state index < -0.39 is 5.60 Å². The number of hydrogen-bond donors (Lipinski definition) is 2. The Balaban J connectivity index is 2.11. The molecule has 116 valence electrons. The van der Waals surface area contributed by atoms with E-state index in [1.54, 1.807) is 0 Å². The van der Waals surface area contributed by atoms with Crippen LogP contribution in [0.5, 0.6) is 0 Å². The van der Waals surface area contributed by atoms with Crippen molar-refractivity contribution in [3.8, 4) is 0 Å². The molecule has 0 unspecified atom stereocenters. The fraction of sp³-hybridized carbons (Fsp3) is 0.938. The molecule has 2 aliphatic rings. The lowest BCUT2D eigenvalue weighted by Gasteiger charge is -2.40. The van der Waals surface area contributed by atoms with E-state index in [0.29, 0.717) is 5.92 Å². The Hall–Kier alpha value is -0.770. The second kappa shape index (κ2) is 4.90. The van der Waals surface area contributed by atoms with Crippen LogP contribution in [0, 0.1) is 11.3 Å². The van der Waals surface area contributed by atoms with Gasteiger partial charge in [-0.05, 0) is 39.0 Å². The molecule has 0 radical (unpaired) electrons. The molecule has 0 aromatic carbocycles. The van der Waals surface area contributed by atoms with E-state index in [2.05, 4.69) is 19.2 Å². The Bertz CT molecular complexity index is 378. The van der Waals surface area contributed by atoms with Gasteiger partial charge in [0.15, 0.2) is 0 Å². The lowest BCUT2D eigenvalue weighted by Crippen LogP contribution is -2.54. The molecule has 0 spiro atoms. The molecule has 20 heavy (non-hydrogen) atoms. The van der Waals surface area contributed by atoms with Gasteiger partial charge < -0.3 is 15.8 Å². The van der Waals surface area contributed by atoms with Gasteiger partial charge in [-0.2, -0.15) is 0 Å². The summed E-state index contributed by atoms with van der Waals surface area (Å²) in [6.45, 7) is 10.1. The second-order valence-corrected chi connectivity index (χ2v) is 8.17. The molecule has 1 amide bonds. The van der Waals surface area contributed by atoms with Crippen LogP contribution in [0.2, 0.25) is 0 Å². The van der Waals surface area contributed by atoms with Crippen LogP contribution in [0.15, 0.2) is 0 Å². The molecule has 2 fully saturated rings. The maximum Gasteiger partial charge on any atom is 0.408 e. The summed E-state index contributed by atoms with van der Waals surface area (Å²) in [6.07, 6.45) is 5.32. The molecule has 2 saturated carbocycles. The number of nitrogens with one attached hydrogen (secondary N) is 1. The molecule has 0 saturated heterocycles. The first-order valence-corrected chi connectivity index (χ1v) is 7.85. The van der Waals surface area contributed by atoms with E-state index in [4.69, 9.17) is 10.5 Å². The van der Waals surface area contributed by atoms with Crippen LogP contribution in [-0.4, -0.2) is 23.3 Å². The minimum atomic E-state index is -0.457. The number of rotatable bonds is 2. The second-order valence-electron chi connectivity index (χ2n) is 8.17. The maximum absolute atomic E-state index is 12.2. The molecule has 3 N–H and O–H groups in total. The van der Waals surface area contributed by atoms with Crippen LogP contribution < -0.4 is 11.1 Å². The molecule has 4 heteroatoms. The van der Waals surface area contributed by atoms with E-state index in [0.717, 1.165) is 25.7 Å². The summed E-state index contributed by atoms with van der Waals surface area (Å²) in [4.78, 5) is 12.2. The molecule has 2 aliphatic carbocycles. The van der Waals surface area contributed by atoms with Crippen molar-refractivity contribution in [2.24, 2.45) is 17.1 Å². The van der Waals surface area contributed by atoms with Gasteiger partial charge in [0.25, 0.3) is 0 Å². The number of amides is 1. The summed E-state index contributed by atoms with van der Waals surface area (Å²) in [5, 5.41) is 3.20. The molecule has 2 atom stereocenters. The monoisotopic (exact) mass is 282 g/mol. The molecule has 0 aromatic heterocycles. The van der Waals surface area contributed by atoms with Gasteiger partial charge in [0, 0.05) is 17.5 Å². The molecule has 0 bridgehead atoms.